The molecule has 0 bridgehead atoms. The molecular weight excluding hydrogens is 228 g/mol. The molecule has 2 N–H and O–H groups in total. The van der Waals surface area contributed by atoms with Crippen molar-refractivity contribution in [3.05, 3.63) is 0 Å². The van der Waals surface area contributed by atoms with Crippen LogP contribution >= 0.6 is 0 Å². The highest BCUT2D eigenvalue weighted by Crippen LogP contribution is 2.20. The van der Waals surface area contributed by atoms with Crippen LogP contribution in [-0.4, -0.2) is 61.5 Å². The van der Waals surface area contributed by atoms with Crippen molar-refractivity contribution in [2.24, 2.45) is 0 Å². The van der Waals surface area contributed by atoms with Gasteiger partial charge in [0.2, 0.25) is 0 Å². The minimum atomic E-state index is -0.346. The van der Waals surface area contributed by atoms with Gasteiger partial charge in [0, 0.05) is 18.7 Å². The zero-order chi connectivity index (χ0) is 13.4. The fraction of sp³-hybridized carbons (Fsp3) is 1.00. The van der Waals surface area contributed by atoms with Crippen molar-refractivity contribution in [1.29, 1.82) is 0 Å². The maximum absolute atomic E-state index is 9.91. The van der Waals surface area contributed by atoms with E-state index >= 15 is 0 Å². The van der Waals surface area contributed by atoms with E-state index < -0.39 is 0 Å². The molecule has 0 saturated carbocycles. The standard InChI is InChI=1S/C14H30N2O2/c1-4-5-10-18-12-13(17)11-16-8-6-14(2,15-3)7-9-16/h13,15,17H,4-12H2,1-3H3. The van der Waals surface area contributed by atoms with Gasteiger partial charge >= 0.3 is 0 Å². The Morgan fingerprint density at radius 3 is 2.61 bits per heavy atom. The minimum Gasteiger partial charge on any atom is -0.389 e. The Morgan fingerprint density at radius 1 is 1.39 bits per heavy atom. The molecule has 1 saturated heterocycles. The molecule has 0 spiro atoms. The van der Waals surface area contributed by atoms with E-state index in [1.54, 1.807) is 0 Å². The summed E-state index contributed by atoms with van der Waals surface area (Å²) < 4.78 is 5.45. The number of nitrogens with one attached hydrogen (secondary N) is 1. The molecule has 1 fully saturated rings. The van der Waals surface area contributed by atoms with Gasteiger partial charge in [-0.05, 0) is 46.3 Å². The molecule has 4 nitrogen and oxygen atoms in total. The largest absolute Gasteiger partial charge is 0.389 e. The number of hydrogen-bond donors (Lipinski definition) is 2. The molecule has 108 valence electrons. The summed E-state index contributed by atoms with van der Waals surface area (Å²) in [5.41, 5.74) is 0.277. The molecule has 1 rings (SSSR count). The predicted molar refractivity (Wildman–Crippen MR) is 74.9 cm³/mol. The van der Waals surface area contributed by atoms with Gasteiger partial charge in [-0.2, -0.15) is 0 Å². The Morgan fingerprint density at radius 2 is 2.06 bits per heavy atom. The summed E-state index contributed by atoms with van der Waals surface area (Å²) in [4.78, 5) is 2.34. The first-order chi connectivity index (χ1) is 8.59. The van der Waals surface area contributed by atoms with Crippen LogP contribution in [0.1, 0.15) is 39.5 Å². The summed E-state index contributed by atoms with van der Waals surface area (Å²) in [5, 5.41) is 13.3. The molecule has 1 unspecified atom stereocenters. The van der Waals surface area contributed by atoms with Crippen LogP contribution in [0, 0.1) is 0 Å². The number of aliphatic hydroxyl groups excluding tert-OH is 1. The molecule has 1 aliphatic rings. The van der Waals surface area contributed by atoms with Crippen LogP contribution in [-0.2, 0) is 4.74 Å². The van der Waals surface area contributed by atoms with E-state index in [-0.39, 0.29) is 11.6 Å². The van der Waals surface area contributed by atoms with Crippen LogP contribution in [0.15, 0.2) is 0 Å². The molecule has 18 heavy (non-hydrogen) atoms. The maximum Gasteiger partial charge on any atom is 0.0900 e. The number of nitrogens with zero attached hydrogens (tertiary/aromatic N) is 1. The Labute approximate surface area is 112 Å². The van der Waals surface area contributed by atoms with Crippen LogP contribution in [0.2, 0.25) is 0 Å². The second kappa shape index (κ2) is 8.10. The van der Waals surface area contributed by atoms with Gasteiger partial charge in [0.25, 0.3) is 0 Å². The first-order valence-corrected chi connectivity index (χ1v) is 7.26. The number of aliphatic hydroxyl groups is 1. The topological polar surface area (TPSA) is 44.7 Å². The van der Waals surface area contributed by atoms with Crippen LogP contribution in [0.4, 0.5) is 0 Å². The van der Waals surface area contributed by atoms with E-state index in [1.807, 2.05) is 7.05 Å². The van der Waals surface area contributed by atoms with Gasteiger partial charge in [0.1, 0.15) is 0 Å². The minimum absolute atomic E-state index is 0.277. The van der Waals surface area contributed by atoms with Gasteiger partial charge < -0.3 is 20.1 Å². The molecule has 0 aromatic carbocycles. The van der Waals surface area contributed by atoms with Crippen molar-refractivity contribution < 1.29 is 9.84 Å². The number of unbranched alkanes of at least 4 members (excludes halogenated alkanes) is 1. The average Bonchev–Trinajstić information content (AvgIpc) is 2.38. The molecule has 4 heteroatoms. The first-order valence-electron chi connectivity index (χ1n) is 7.26. The van der Waals surface area contributed by atoms with Gasteiger partial charge in [-0.25, -0.2) is 0 Å². The summed E-state index contributed by atoms with van der Waals surface area (Å²) in [5.74, 6) is 0. The quantitative estimate of drug-likeness (QED) is 0.643. The van der Waals surface area contributed by atoms with E-state index in [0.29, 0.717) is 6.61 Å². The van der Waals surface area contributed by atoms with Gasteiger partial charge in [0.05, 0.1) is 12.7 Å². The third-order valence-corrected chi connectivity index (χ3v) is 3.98. The molecule has 1 atom stereocenters. The van der Waals surface area contributed by atoms with Crippen LogP contribution in [0.5, 0.6) is 0 Å². The molecule has 1 heterocycles. The molecule has 0 aromatic rings. The third-order valence-electron chi connectivity index (χ3n) is 3.98. The zero-order valence-electron chi connectivity index (χ0n) is 12.2. The number of hydrogen-bond acceptors (Lipinski definition) is 4. The number of likely N-dealkylation sites (tertiary alicyclic amines) is 1. The lowest BCUT2D eigenvalue weighted by molar-refractivity contribution is 0.00781. The summed E-state index contributed by atoms with van der Waals surface area (Å²) in [6, 6.07) is 0. The summed E-state index contributed by atoms with van der Waals surface area (Å²) >= 11 is 0. The average molecular weight is 258 g/mol. The van der Waals surface area contributed by atoms with Crippen molar-refractivity contribution in [3.63, 3.8) is 0 Å². The zero-order valence-corrected chi connectivity index (χ0v) is 12.2. The Balaban J connectivity index is 2.12. The fourth-order valence-corrected chi connectivity index (χ4v) is 2.30. The second-order valence-electron chi connectivity index (χ2n) is 5.69. The molecular formula is C14H30N2O2. The molecule has 1 aliphatic heterocycles. The van der Waals surface area contributed by atoms with E-state index in [0.717, 1.165) is 51.9 Å². The maximum atomic E-state index is 9.91. The summed E-state index contributed by atoms with van der Waals surface area (Å²) in [7, 11) is 2.03. The second-order valence-corrected chi connectivity index (χ2v) is 5.69. The highest BCUT2D eigenvalue weighted by molar-refractivity contribution is 4.88. The van der Waals surface area contributed by atoms with E-state index in [4.69, 9.17) is 4.74 Å². The highest BCUT2D eigenvalue weighted by atomic mass is 16.5. The summed E-state index contributed by atoms with van der Waals surface area (Å²) in [6.07, 6.45) is 4.17. The van der Waals surface area contributed by atoms with Crippen LogP contribution in [0.25, 0.3) is 0 Å². The van der Waals surface area contributed by atoms with Gasteiger partial charge in [0.15, 0.2) is 0 Å². The lowest BCUT2D eigenvalue weighted by Crippen LogP contribution is -2.51. The van der Waals surface area contributed by atoms with E-state index in [9.17, 15) is 5.11 Å². The van der Waals surface area contributed by atoms with Gasteiger partial charge in [-0.3, -0.25) is 0 Å². The molecule has 0 aliphatic carbocycles. The first kappa shape index (κ1) is 15.9. The van der Waals surface area contributed by atoms with Crippen molar-refractivity contribution in [2.75, 3.05) is 39.9 Å². The Bertz CT molecular complexity index is 216. The van der Waals surface area contributed by atoms with E-state index in [1.165, 1.54) is 0 Å². The molecule has 0 aromatic heterocycles. The summed E-state index contributed by atoms with van der Waals surface area (Å²) in [6.45, 7) is 8.52. The van der Waals surface area contributed by atoms with Crippen LogP contribution < -0.4 is 5.32 Å². The van der Waals surface area contributed by atoms with Gasteiger partial charge in [-0.1, -0.05) is 13.3 Å². The number of β-amino-alcohol motifs (C(OH)–C–C–N with tert-alkyl or cyclic N) is 1. The van der Waals surface area contributed by atoms with Crippen LogP contribution in [0.3, 0.4) is 0 Å². The number of ether oxygens (including phenoxy) is 1. The number of piperidine rings is 1. The predicted octanol–water partition coefficient (Wildman–Crippen LogP) is 1.24. The lowest BCUT2D eigenvalue weighted by atomic mass is 9.90. The van der Waals surface area contributed by atoms with Crippen molar-refractivity contribution in [1.82, 2.24) is 10.2 Å². The number of rotatable bonds is 8. The Kier molecular flexibility index (Phi) is 7.15. The highest BCUT2D eigenvalue weighted by Gasteiger charge is 2.28. The monoisotopic (exact) mass is 258 g/mol. The van der Waals surface area contributed by atoms with Gasteiger partial charge in [-0.15, -0.1) is 0 Å². The third kappa shape index (κ3) is 5.65. The van der Waals surface area contributed by atoms with Crippen molar-refractivity contribution in [2.45, 2.75) is 51.2 Å². The van der Waals surface area contributed by atoms with E-state index in [2.05, 4.69) is 24.1 Å². The normalized spacial score (nSPS) is 22.0. The fourth-order valence-electron chi connectivity index (χ4n) is 2.30. The smallest absolute Gasteiger partial charge is 0.0900 e. The van der Waals surface area contributed by atoms with Crippen molar-refractivity contribution >= 4 is 0 Å². The van der Waals surface area contributed by atoms with Crippen molar-refractivity contribution in [3.8, 4) is 0 Å². The molecule has 0 radical (unpaired) electrons. The lowest BCUT2D eigenvalue weighted by Gasteiger charge is -2.39. The SMILES string of the molecule is CCCCOCC(O)CN1CCC(C)(NC)CC1. The molecule has 0 amide bonds. The Hall–Kier alpha value is -0.160.